The second-order valence-electron chi connectivity index (χ2n) is 3.02. The van der Waals surface area contributed by atoms with Crippen LogP contribution in [0.3, 0.4) is 0 Å². The van der Waals surface area contributed by atoms with Gasteiger partial charge in [-0.2, -0.15) is 0 Å². The maximum atomic E-state index is 4.35. The smallest absolute Gasteiger partial charge is 0.0719 e. The molecule has 0 saturated carbocycles. The lowest BCUT2D eigenvalue weighted by atomic mass is 10.1. The third-order valence-corrected chi connectivity index (χ3v) is 2.84. The zero-order valence-electron chi connectivity index (χ0n) is 7.49. The van der Waals surface area contributed by atoms with Crippen molar-refractivity contribution in [2.45, 2.75) is 13.3 Å². The molecular weight excluding hydrogens is 179 g/mol. The SMILES string of the molecule is Cc1n[pH]nc1Cc1ccccc1. The van der Waals surface area contributed by atoms with E-state index < -0.39 is 0 Å². The van der Waals surface area contributed by atoms with Gasteiger partial charge in [-0.1, -0.05) is 30.3 Å². The van der Waals surface area contributed by atoms with E-state index >= 15 is 0 Å². The molecule has 3 heteroatoms. The normalized spacial score (nSPS) is 10.8. The first-order valence-electron chi connectivity index (χ1n) is 4.26. The largest absolute Gasteiger partial charge is 0.225 e. The zero-order valence-corrected chi connectivity index (χ0v) is 8.49. The highest BCUT2D eigenvalue weighted by molar-refractivity contribution is 7.20. The van der Waals surface area contributed by atoms with E-state index in [4.69, 9.17) is 0 Å². The van der Waals surface area contributed by atoms with Gasteiger partial charge in [0.05, 0.1) is 19.9 Å². The van der Waals surface area contributed by atoms with Gasteiger partial charge in [0.15, 0.2) is 0 Å². The molecule has 0 saturated heterocycles. The summed E-state index contributed by atoms with van der Waals surface area (Å²) < 4.78 is 8.61. The first-order chi connectivity index (χ1) is 6.36. The molecule has 0 aliphatic heterocycles. The standard InChI is InChI=1S/C10H11N2P/c1-8-10(12-13-11-8)7-9-5-3-2-4-6-9/h2-6,13H,7H2,1H3. The second-order valence-corrected chi connectivity index (χ2v) is 3.67. The molecule has 0 aliphatic carbocycles. The lowest BCUT2D eigenvalue weighted by molar-refractivity contribution is 1.08. The topological polar surface area (TPSA) is 25.8 Å². The number of nitrogens with zero attached hydrogens (tertiary/aromatic N) is 2. The summed E-state index contributed by atoms with van der Waals surface area (Å²) in [6.45, 7) is 2.03. The summed E-state index contributed by atoms with van der Waals surface area (Å²) in [6.07, 6.45) is 0.920. The molecule has 1 atom stereocenters. The number of hydrogen-bond donors (Lipinski definition) is 0. The molecular formula is C10H11N2P. The molecule has 1 aromatic carbocycles. The number of rotatable bonds is 2. The van der Waals surface area contributed by atoms with Crippen molar-refractivity contribution in [3.63, 3.8) is 0 Å². The van der Waals surface area contributed by atoms with Gasteiger partial charge in [0, 0.05) is 6.42 Å². The Balaban J connectivity index is 2.20. The average Bonchev–Trinajstić information content (AvgIpc) is 2.54. The van der Waals surface area contributed by atoms with Crippen LogP contribution in [0.5, 0.6) is 0 Å². The minimum atomic E-state index is 0.397. The zero-order chi connectivity index (χ0) is 9.10. The minimum Gasteiger partial charge on any atom is -0.225 e. The Kier molecular flexibility index (Phi) is 2.42. The fraction of sp³-hybridized carbons (Fsp3) is 0.200. The third-order valence-electron chi connectivity index (χ3n) is 2.03. The van der Waals surface area contributed by atoms with Crippen LogP contribution < -0.4 is 0 Å². The predicted molar refractivity (Wildman–Crippen MR) is 55.5 cm³/mol. The van der Waals surface area contributed by atoms with Crippen LogP contribution in [-0.4, -0.2) is 9.49 Å². The van der Waals surface area contributed by atoms with Gasteiger partial charge in [-0.3, -0.25) is 0 Å². The molecule has 2 rings (SSSR count). The number of hydrogen-bond acceptors (Lipinski definition) is 2. The van der Waals surface area contributed by atoms with Gasteiger partial charge in [0.25, 0.3) is 0 Å². The summed E-state index contributed by atoms with van der Waals surface area (Å²) in [5, 5.41) is 0. The highest BCUT2D eigenvalue weighted by Crippen LogP contribution is 2.12. The van der Waals surface area contributed by atoms with Crippen LogP contribution in [0.25, 0.3) is 0 Å². The van der Waals surface area contributed by atoms with Crippen LogP contribution in [-0.2, 0) is 6.42 Å². The number of aryl methyl sites for hydroxylation is 1. The van der Waals surface area contributed by atoms with Crippen molar-refractivity contribution in [1.82, 2.24) is 9.49 Å². The van der Waals surface area contributed by atoms with Crippen molar-refractivity contribution in [2.75, 3.05) is 0 Å². The Morgan fingerprint density at radius 2 is 1.92 bits per heavy atom. The molecule has 0 bridgehead atoms. The molecule has 0 radical (unpaired) electrons. The Morgan fingerprint density at radius 3 is 2.54 bits per heavy atom. The van der Waals surface area contributed by atoms with Crippen LogP contribution in [0.15, 0.2) is 30.3 Å². The van der Waals surface area contributed by atoms with E-state index in [1.807, 2.05) is 13.0 Å². The molecule has 13 heavy (non-hydrogen) atoms. The molecule has 1 unspecified atom stereocenters. The van der Waals surface area contributed by atoms with E-state index in [0.717, 1.165) is 17.8 Å². The third kappa shape index (κ3) is 1.96. The highest BCUT2D eigenvalue weighted by Gasteiger charge is 2.02. The molecule has 0 fully saturated rings. The first-order valence-corrected chi connectivity index (χ1v) is 5.16. The van der Waals surface area contributed by atoms with Crippen molar-refractivity contribution >= 4 is 8.51 Å². The predicted octanol–water partition coefficient (Wildman–Crippen LogP) is 2.41. The molecule has 66 valence electrons. The van der Waals surface area contributed by atoms with Crippen molar-refractivity contribution in [2.24, 2.45) is 0 Å². The second kappa shape index (κ2) is 3.71. The summed E-state index contributed by atoms with van der Waals surface area (Å²) in [7, 11) is 0.397. The molecule has 0 N–H and O–H groups in total. The Labute approximate surface area is 79.3 Å². The van der Waals surface area contributed by atoms with Crippen molar-refractivity contribution in [1.29, 1.82) is 0 Å². The van der Waals surface area contributed by atoms with Crippen LogP contribution in [0, 0.1) is 6.92 Å². The van der Waals surface area contributed by atoms with Crippen molar-refractivity contribution in [3.05, 3.63) is 47.3 Å². The van der Waals surface area contributed by atoms with Crippen LogP contribution in [0.4, 0.5) is 0 Å². The van der Waals surface area contributed by atoms with Gasteiger partial charge in [0.1, 0.15) is 0 Å². The molecule has 0 spiro atoms. The summed E-state index contributed by atoms with van der Waals surface area (Å²) >= 11 is 0. The number of benzene rings is 1. The first kappa shape index (κ1) is 8.46. The molecule has 2 nitrogen and oxygen atoms in total. The van der Waals surface area contributed by atoms with Gasteiger partial charge in [-0.05, 0) is 12.5 Å². The average molecular weight is 190 g/mol. The summed E-state index contributed by atoms with van der Waals surface area (Å²) in [4.78, 5) is 0. The monoisotopic (exact) mass is 190 g/mol. The van der Waals surface area contributed by atoms with Gasteiger partial charge in [-0.15, -0.1) is 0 Å². The van der Waals surface area contributed by atoms with Crippen LogP contribution in [0.2, 0.25) is 0 Å². The summed E-state index contributed by atoms with van der Waals surface area (Å²) in [5.41, 5.74) is 3.55. The maximum Gasteiger partial charge on any atom is 0.0719 e. The molecule has 1 heterocycles. The van der Waals surface area contributed by atoms with Gasteiger partial charge < -0.3 is 0 Å². The van der Waals surface area contributed by atoms with E-state index in [0.29, 0.717) is 8.51 Å². The van der Waals surface area contributed by atoms with Gasteiger partial charge >= 0.3 is 0 Å². The lowest BCUT2D eigenvalue weighted by Gasteiger charge is -1.97. The van der Waals surface area contributed by atoms with Gasteiger partial charge in [0.2, 0.25) is 0 Å². The highest BCUT2D eigenvalue weighted by atomic mass is 31.1. The number of aromatic nitrogens is 2. The van der Waals surface area contributed by atoms with Crippen molar-refractivity contribution in [3.8, 4) is 0 Å². The summed E-state index contributed by atoms with van der Waals surface area (Å²) in [5.74, 6) is 0. The molecule has 0 amide bonds. The van der Waals surface area contributed by atoms with E-state index in [2.05, 4.69) is 33.8 Å². The molecule has 2 aromatic rings. The van der Waals surface area contributed by atoms with Gasteiger partial charge in [-0.25, -0.2) is 9.49 Å². The van der Waals surface area contributed by atoms with Crippen LogP contribution in [0.1, 0.15) is 17.0 Å². The van der Waals surface area contributed by atoms with E-state index in [9.17, 15) is 0 Å². The lowest BCUT2D eigenvalue weighted by Crippen LogP contribution is -1.90. The fourth-order valence-electron chi connectivity index (χ4n) is 1.26. The van der Waals surface area contributed by atoms with Crippen molar-refractivity contribution < 1.29 is 0 Å². The van der Waals surface area contributed by atoms with E-state index in [-0.39, 0.29) is 0 Å². The molecule has 1 aromatic heterocycles. The Morgan fingerprint density at radius 1 is 1.15 bits per heavy atom. The minimum absolute atomic E-state index is 0.397. The van der Waals surface area contributed by atoms with E-state index in [1.54, 1.807) is 0 Å². The fourth-order valence-corrected chi connectivity index (χ4v) is 1.95. The maximum absolute atomic E-state index is 4.35. The van der Waals surface area contributed by atoms with E-state index in [1.165, 1.54) is 5.56 Å². The Bertz CT molecular complexity index is 381. The Hall–Kier alpha value is -1.14. The summed E-state index contributed by atoms with van der Waals surface area (Å²) in [6, 6.07) is 10.4. The quantitative estimate of drug-likeness (QED) is 0.726. The molecule has 0 aliphatic rings. The van der Waals surface area contributed by atoms with Crippen LogP contribution >= 0.6 is 8.51 Å².